The summed E-state index contributed by atoms with van der Waals surface area (Å²) in [6.45, 7) is 3.83. The van der Waals surface area contributed by atoms with E-state index < -0.39 is 27.8 Å². The number of sulfonamides is 1. The Hall–Kier alpha value is -2.09. The first kappa shape index (κ1) is 18.7. The van der Waals surface area contributed by atoms with Crippen LogP contribution in [0, 0.1) is 0 Å². The summed E-state index contributed by atoms with van der Waals surface area (Å²) in [6, 6.07) is 14.1. The van der Waals surface area contributed by atoms with Crippen molar-refractivity contribution in [3.63, 3.8) is 0 Å². The van der Waals surface area contributed by atoms with Crippen LogP contribution in [0.5, 0.6) is 11.5 Å². The van der Waals surface area contributed by atoms with Gasteiger partial charge in [-0.25, -0.2) is 13.1 Å². The average molecular weight is 377 g/mol. The normalized spacial score (nSPS) is 21.5. The van der Waals surface area contributed by atoms with E-state index in [0.29, 0.717) is 23.7 Å². The highest BCUT2D eigenvalue weighted by Gasteiger charge is 2.44. The molecule has 140 valence electrons. The van der Waals surface area contributed by atoms with Crippen molar-refractivity contribution in [2.75, 3.05) is 6.26 Å². The van der Waals surface area contributed by atoms with Crippen molar-refractivity contribution >= 4 is 10.0 Å². The molecule has 6 nitrogen and oxygen atoms in total. The van der Waals surface area contributed by atoms with E-state index in [4.69, 9.17) is 9.47 Å². The van der Waals surface area contributed by atoms with Gasteiger partial charge in [-0.3, -0.25) is 0 Å². The molecule has 2 aromatic carbocycles. The van der Waals surface area contributed by atoms with Gasteiger partial charge in [0.05, 0.1) is 12.3 Å². The van der Waals surface area contributed by atoms with E-state index in [1.807, 2.05) is 30.3 Å². The number of rotatable bonds is 5. The standard InChI is InChI=1S/C19H23NO5S/c1-19(2)18(21)17(20-26(3,22)23)15-11-14(9-10-16(15)25-19)24-12-13-7-5-4-6-8-13/h4-11,17-18,20-21H,12H2,1-3H3/t17-,18+/m0/s1. The van der Waals surface area contributed by atoms with Gasteiger partial charge >= 0.3 is 0 Å². The number of hydrogen-bond donors (Lipinski definition) is 2. The van der Waals surface area contributed by atoms with Crippen molar-refractivity contribution in [2.24, 2.45) is 0 Å². The molecule has 2 N–H and O–H groups in total. The number of nitrogens with one attached hydrogen (secondary N) is 1. The SMILES string of the molecule is CC1(C)Oc2ccc(OCc3ccccc3)cc2[C@H](NS(C)(=O)=O)[C@H]1O. The van der Waals surface area contributed by atoms with Gasteiger partial charge in [-0.2, -0.15) is 0 Å². The molecule has 1 heterocycles. The summed E-state index contributed by atoms with van der Waals surface area (Å²) < 4.78 is 37.7. The maximum absolute atomic E-state index is 11.8. The molecule has 0 aliphatic carbocycles. The number of ether oxygens (including phenoxy) is 2. The smallest absolute Gasteiger partial charge is 0.209 e. The highest BCUT2D eigenvalue weighted by atomic mass is 32.2. The molecule has 0 saturated heterocycles. The van der Waals surface area contributed by atoms with Gasteiger partial charge < -0.3 is 14.6 Å². The fourth-order valence-corrected chi connectivity index (χ4v) is 3.68. The summed E-state index contributed by atoms with van der Waals surface area (Å²) in [4.78, 5) is 0. The molecule has 7 heteroatoms. The van der Waals surface area contributed by atoms with E-state index in [9.17, 15) is 13.5 Å². The van der Waals surface area contributed by atoms with Crippen LogP contribution in [-0.2, 0) is 16.6 Å². The maximum atomic E-state index is 11.8. The van der Waals surface area contributed by atoms with E-state index in [1.54, 1.807) is 32.0 Å². The molecule has 0 aromatic heterocycles. The van der Waals surface area contributed by atoms with E-state index in [-0.39, 0.29) is 0 Å². The van der Waals surface area contributed by atoms with Crippen LogP contribution in [0.4, 0.5) is 0 Å². The lowest BCUT2D eigenvalue weighted by molar-refractivity contribution is -0.0603. The van der Waals surface area contributed by atoms with Gasteiger partial charge in [0.15, 0.2) is 0 Å². The number of aliphatic hydroxyl groups excluding tert-OH is 1. The third kappa shape index (κ3) is 4.17. The zero-order valence-electron chi connectivity index (χ0n) is 15.0. The first-order valence-electron chi connectivity index (χ1n) is 8.31. The van der Waals surface area contributed by atoms with Crippen LogP contribution in [0.2, 0.25) is 0 Å². The highest BCUT2D eigenvalue weighted by Crippen LogP contribution is 2.41. The summed E-state index contributed by atoms with van der Waals surface area (Å²) >= 11 is 0. The fourth-order valence-electron chi connectivity index (χ4n) is 2.97. The second-order valence-electron chi connectivity index (χ2n) is 6.99. The minimum atomic E-state index is -3.52. The summed E-state index contributed by atoms with van der Waals surface area (Å²) in [7, 11) is -3.52. The monoisotopic (exact) mass is 377 g/mol. The van der Waals surface area contributed by atoms with E-state index in [0.717, 1.165) is 11.8 Å². The average Bonchev–Trinajstić information content (AvgIpc) is 2.57. The number of aliphatic hydroxyl groups is 1. The first-order chi connectivity index (χ1) is 12.2. The predicted molar refractivity (Wildman–Crippen MR) is 98.7 cm³/mol. The molecule has 3 rings (SSSR count). The molecule has 0 fully saturated rings. The Morgan fingerprint density at radius 3 is 2.54 bits per heavy atom. The number of hydrogen-bond acceptors (Lipinski definition) is 5. The summed E-state index contributed by atoms with van der Waals surface area (Å²) in [6.07, 6.45) is 0.0199. The largest absolute Gasteiger partial charge is 0.489 e. The van der Waals surface area contributed by atoms with Crippen molar-refractivity contribution in [1.29, 1.82) is 0 Å². The summed E-state index contributed by atoms with van der Waals surface area (Å²) in [5, 5.41) is 10.6. The van der Waals surface area contributed by atoms with Crippen LogP contribution in [-0.4, -0.2) is 31.5 Å². The van der Waals surface area contributed by atoms with Crippen LogP contribution >= 0.6 is 0 Å². The van der Waals surface area contributed by atoms with Gasteiger partial charge in [-0.15, -0.1) is 0 Å². The first-order valence-corrected chi connectivity index (χ1v) is 10.2. The molecule has 0 bridgehead atoms. The zero-order valence-corrected chi connectivity index (χ0v) is 15.8. The van der Waals surface area contributed by atoms with E-state index in [2.05, 4.69) is 4.72 Å². The molecule has 26 heavy (non-hydrogen) atoms. The molecule has 2 aromatic rings. The van der Waals surface area contributed by atoms with E-state index >= 15 is 0 Å². The van der Waals surface area contributed by atoms with Crippen molar-refractivity contribution in [1.82, 2.24) is 4.72 Å². The van der Waals surface area contributed by atoms with Gasteiger partial charge in [0.25, 0.3) is 0 Å². The molecule has 0 unspecified atom stereocenters. The van der Waals surface area contributed by atoms with Gasteiger partial charge in [0.1, 0.15) is 29.8 Å². The molecule has 0 amide bonds. The molecule has 1 aliphatic heterocycles. The van der Waals surface area contributed by atoms with Crippen LogP contribution in [0.3, 0.4) is 0 Å². The van der Waals surface area contributed by atoms with Crippen LogP contribution in [0.25, 0.3) is 0 Å². The minimum Gasteiger partial charge on any atom is -0.489 e. The van der Waals surface area contributed by atoms with Gasteiger partial charge in [0.2, 0.25) is 10.0 Å². The molecule has 1 aliphatic rings. The fraction of sp³-hybridized carbons (Fsp3) is 0.368. The molecular weight excluding hydrogens is 354 g/mol. The van der Waals surface area contributed by atoms with Crippen molar-refractivity contribution in [3.8, 4) is 11.5 Å². The van der Waals surface area contributed by atoms with Gasteiger partial charge in [-0.05, 0) is 37.6 Å². The van der Waals surface area contributed by atoms with Gasteiger partial charge in [0, 0.05) is 5.56 Å². The van der Waals surface area contributed by atoms with Crippen molar-refractivity contribution in [3.05, 3.63) is 59.7 Å². The Balaban J connectivity index is 1.90. The van der Waals surface area contributed by atoms with Crippen molar-refractivity contribution < 1.29 is 23.0 Å². The Kier molecular flexibility index (Phi) is 4.96. The minimum absolute atomic E-state index is 0.388. The predicted octanol–water partition coefficient (Wildman–Crippen LogP) is 2.39. The molecular formula is C19H23NO5S. The Morgan fingerprint density at radius 2 is 1.88 bits per heavy atom. The van der Waals surface area contributed by atoms with E-state index in [1.165, 1.54) is 0 Å². The summed E-state index contributed by atoms with van der Waals surface area (Å²) in [5.41, 5.74) is 0.642. The lowest BCUT2D eigenvalue weighted by atomic mass is 9.87. The van der Waals surface area contributed by atoms with Crippen LogP contribution in [0.1, 0.15) is 31.0 Å². The maximum Gasteiger partial charge on any atom is 0.209 e. The van der Waals surface area contributed by atoms with Crippen LogP contribution < -0.4 is 14.2 Å². The molecule has 2 atom stereocenters. The third-order valence-electron chi connectivity index (χ3n) is 4.31. The quantitative estimate of drug-likeness (QED) is 0.836. The second-order valence-corrected chi connectivity index (χ2v) is 8.77. The topological polar surface area (TPSA) is 84.9 Å². The van der Waals surface area contributed by atoms with Gasteiger partial charge in [-0.1, -0.05) is 30.3 Å². The lowest BCUT2D eigenvalue weighted by Crippen LogP contribution is -2.53. The molecule has 0 spiro atoms. The molecule has 0 radical (unpaired) electrons. The Morgan fingerprint density at radius 1 is 1.19 bits per heavy atom. The number of fused-ring (bicyclic) bond motifs is 1. The third-order valence-corrected chi connectivity index (χ3v) is 4.99. The van der Waals surface area contributed by atoms with Crippen LogP contribution in [0.15, 0.2) is 48.5 Å². The lowest BCUT2D eigenvalue weighted by Gasteiger charge is -2.42. The zero-order chi connectivity index (χ0) is 18.9. The molecule has 0 saturated carbocycles. The second kappa shape index (κ2) is 6.90. The number of benzene rings is 2. The Labute approximate surface area is 153 Å². The highest BCUT2D eigenvalue weighted by molar-refractivity contribution is 7.88. The Bertz CT molecular complexity index is 880. The summed E-state index contributed by atoms with van der Waals surface area (Å²) in [5.74, 6) is 1.09. The van der Waals surface area contributed by atoms with Crippen molar-refractivity contribution in [2.45, 2.75) is 38.2 Å².